The summed E-state index contributed by atoms with van der Waals surface area (Å²) in [7, 11) is -3.92. The van der Waals surface area contributed by atoms with Crippen LogP contribution in [-0.2, 0) is 10.0 Å². The van der Waals surface area contributed by atoms with Crippen molar-refractivity contribution in [2.24, 2.45) is 0 Å². The molecule has 4 nitrogen and oxygen atoms in total. The summed E-state index contributed by atoms with van der Waals surface area (Å²) in [5, 5.41) is -0.221. The summed E-state index contributed by atoms with van der Waals surface area (Å²) in [6.07, 6.45) is -4.36. The van der Waals surface area contributed by atoms with Crippen LogP contribution in [0, 0.1) is 0 Å². The molecular weight excluding hydrogens is 293 g/mol. The van der Waals surface area contributed by atoms with Gasteiger partial charge in [-0.2, -0.15) is 13.2 Å². The van der Waals surface area contributed by atoms with Gasteiger partial charge in [-0.05, 0) is 18.6 Å². The summed E-state index contributed by atoms with van der Waals surface area (Å²) in [4.78, 5) is 3.33. The lowest BCUT2D eigenvalue weighted by Crippen LogP contribution is -2.26. The average Bonchev–Trinajstić information content (AvgIpc) is 2.24. The van der Waals surface area contributed by atoms with Crippen molar-refractivity contribution in [1.29, 1.82) is 0 Å². The van der Waals surface area contributed by atoms with E-state index in [-0.39, 0.29) is 23.0 Å². The van der Waals surface area contributed by atoms with Crippen molar-refractivity contribution in [1.82, 2.24) is 9.71 Å². The zero-order chi connectivity index (χ0) is 13.8. The molecule has 0 bridgehead atoms. The highest BCUT2D eigenvalue weighted by Crippen LogP contribution is 2.21. The standard InChI is InChI=1S/C9H10ClF3N2O2S/c10-8-7(3-1-5-14-8)18(16,17)15-6-2-4-9(11,12)13/h1,3,5,15H,2,4,6H2. The second-order valence-electron chi connectivity index (χ2n) is 3.41. The monoisotopic (exact) mass is 302 g/mol. The van der Waals surface area contributed by atoms with Crippen LogP contribution in [0.5, 0.6) is 0 Å². The Morgan fingerprint density at radius 1 is 1.39 bits per heavy atom. The molecule has 0 aliphatic rings. The van der Waals surface area contributed by atoms with E-state index in [9.17, 15) is 21.6 Å². The van der Waals surface area contributed by atoms with Gasteiger partial charge in [-0.3, -0.25) is 0 Å². The van der Waals surface area contributed by atoms with Crippen molar-refractivity contribution in [2.75, 3.05) is 6.54 Å². The lowest BCUT2D eigenvalue weighted by Gasteiger charge is -2.08. The molecule has 18 heavy (non-hydrogen) atoms. The summed E-state index contributed by atoms with van der Waals surface area (Å²) >= 11 is 5.58. The highest BCUT2D eigenvalue weighted by Gasteiger charge is 2.26. The second kappa shape index (κ2) is 5.85. The molecule has 1 rings (SSSR count). The van der Waals surface area contributed by atoms with Gasteiger partial charge in [0, 0.05) is 19.2 Å². The minimum atomic E-state index is -4.29. The molecule has 0 aliphatic carbocycles. The Balaban J connectivity index is 2.59. The van der Waals surface area contributed by atoms with Crippen LogP contribution in [0.1, 0.15) is 12.8 Å². The predicted molar refractivity (Wildman–Crippen MR) is 59.7 cm³/mol. The Labute approximate surface area is 107 Å². The Morgan fingerprint density at radius 2 is 2.06 bits per heavy atom. The molecule has 9 heteroatoms. The fourth-order valence-electron chi connectivity index (χ4n) is 1.14. The molecule has 0 aliphatic heterocycles. The van der Waals surface area contributed by atoms with Gasteiger partial charge in [0.05, 0.1) is 0 Å². The van der Waals surface area contributed by atoms with Crippen molar-refractivity contribution in [3.63, 3.8) is 0 Å². The minimum Gasteiger partial charge on any atom is -0.243 e. The van der Waals surface area contributed by atoms with Gasteiger partial charge in [-0.15, -0.1) is 0 Å². The lowest BCUT2D eigenvalue weighted by atomic mass is 10.3. The SMILES string of the molecule is O=S(=O)(NCCCC(F)(F)F)c1cccnc1Cl. The number of pyridine rings is 1. The molecule has 0 amide bonds. The van der Waals surface area contributed by atoms with E-state index in [1.165, 1.54) is 18.3 Å². The van der Waals surface area contributed by atoms with E-state index < -0.39 is 22.6 Å². The first-order valence-corrected chi connectivity index (χ1v) is 6.75. The Hall–Kier alpha value is -0.860. The van der Waals surface area contributed by atoms with Gasteiger partial charge in [-0.25, -0.2) is 18.1 Å². The fourth-order valence-corrected chi connectivity index (χ4v) is 2.67. The van der Waals surface area contributed by atoms with Gasteiger partial charge >= 0.3 is 6.18 Å². The van der Waals surface area contributed by atoms with Crippen LogP contribution in [0.4, 0.5) is 13.2 Å². The zero-order valence-corrected chi connectivity index (χ0v) is 10.6. The number of sulfonamides is 1. The molecule has 0 aromatic carbocycles. The van der Waals surface area contributed by atoms with Gasteiger partial charge in [0.1, 0.15) is 10.0 Å². The van der Waals surface area contributed by atoms with Gasteiger partial charge in [0.15, 0.2) is 0 Å². The van der Waals surface area contributed by atoms with Crippen LogP contribution in [0.15, 0.2) is 23.2 Å². The molecule has 1 aromatic heterocycles. The Bertz CT molecular complexity index is 505. The topological polar surface area (TPSA) is 59.1 Å². The normalized spacial score (nSPS) is 12.7. The largest absolute Gasteiger partial charge is 0.389 e. The summed E-state index contributed by atoms with van der Waals surface area (Å²) in [5.41, 5.74) is 0. The summed E-state index contributed by atoms with van der Waals surface area (Å²) < 4.78 is 60.9. The molecule has 0 fully saturated rings. The molecule has 1 heterocycles. The van der Waals surface area contributed by atoms with E-state index in [2.05, 4.69) is 4.98 Å². The maximum atomic E-state index is 11.9. The zero-order valence-electron chi connectivity index (χ0n) is 9.04. The Morgan fingerprint density at radius 3 is 2.61 bits per heavy atom. The quantitative estimate of drug-likeness (QED) is 0.671. The van der Waals surface area contributed by atoms with Gasteiger partial charge < -0.3 is 0 Å². The number of aromatic nitrogens is 1. The molecular formula is C9H10ClF3N2O2S. The fraction of sp³-hybridized carbons (Fsp3) is 0.444. The van der Waals surface area contributed by atoms with E-state index in [1.807, 2.05) is 4.72 Å². The van der Waals surface area contributed by atoms with E-state index in [4.69, 9.17) is 11.6 Å². The molecule has 1 aromatic rings. The molecule has 0 saturated carbocycles. The number of halogens is 4. The summed E-state index contributed by atoms with van der Waals surface area (Å²) in [6, 6.07) is 2.59. The third-order valence-electron chi connectivity index (χ3n) is 1.94. The van der Waals surface area contributed by atoms with E-state index >= 15 is 0 Å². The molecule has 0 atom stereocenters. The molecule has 102 valence electrons. The number of rotatable bonds is 5. The Kier molecular flexibility index (Phi) is 4.94. The highest BCUT2D eigenvalue weighted by atomic mass is 35.5. The van der Waals surface area contributed by atoms with Gasteiger partial charge in [0.25, 0.3) is 0 Å². The van der Waals surface area contributed by atoms with Crippen LogP contribution in [0.2, 0.25) is 5.15 Å². The first kappa shape index (κ1) is 15.2. The van der Waals surface area contributed by atoms with Crippen LogP contribution >= 0.6 is 11.6 Å². The van der Waals surface area contributed by atoms with Gasteiger partial charge in [-0.1, -0.05) is 11.6 Å². The molecule has 0 unspecified atom stereocenters. The molecule has 0 spiro atoms. The second-order valence-corrected chi connectivity index (χ2v) is 5.50. The third-order valence-corrected chi connectivity index (χ3v) is 3.85. The van der Waals surface area contributed by atoms with E-state index in [0.717, 1.165) is 0 Å². The number of nitrogens with one attached hydrogen (secondary N) is 1. The van der Waals surface area contributed by atoms with Crippen LogP contribution < -0.4 is 4.72 Å². The van der Waals surface area contributed by atoms with Gasteiger partial charge in [0.2, 0.25) is 10.0 Å². The van der Waals surface area contributed by atoms with Crippen molar-refractivity contribution in [3.8, 4) is 0 Å². The number of hydrogen-bond acceptors (Lipinski definition) is 3. The van der Waals surface area contributed by atoms with Crippen LogP contribution in [0.3, 0.4) is 0 Å². The van der Waals surface area contributed by atoms with E-state index in [1.54, 1.807) is 0 Å². The average molecular weight is 303 g/mol. The van der Waals surface area contributed by atoms with E-state index in [0.29, 0.717) is 0 Å². The lowest BCUT2D eigenvalue weighted by molar-refractivity contribution is -0.135. The molecule has 1 N–H and O–H groups in total. The maximum absolute atomic E-state index is 11.9. The maximum Gasteiger partial charge on any atom is 0.389 e. The molecule has 0 saturated heterocycles. The smallest absolute Gasteiger partial charge is 0.243 e. The first-order chi connectivity index (χ1) is 8.22. The van der Waals surface area contributed by atoms with Crippen molar-refractivity contribution >= 4 is 21.6 Å². The summed E-state index contributed by atoms with van der Waals surface area (Å²) in [5.74, 6) is 0. The minimum absolute atomic E-state index is 0.221. The number of nitrogens with zero attached hydrogens (tertiary/aromatic N) is 1. The predicted octanol–water partition coefficient (Wildman–Crippen LogP) is 2.36. The number of alkyl halides is 3. The molecule has 0 radical (unpaired) electrons. The van der Waals surface area contributed by atoms with Crippen LogP contribution in [0.25, 0.3) is 0 Å². The van der Waals surface area contributed by atoms with Crippen LogP contribution in [-0.4, -0.2) is 26.1 Å². The highest BCUT2D eigenvalue weighted by molar-refractivity contribution is 7.89. The van der Waals surface area contributed by atoms with Crippen molar-refractivity contribution < 1.29 is 21.6 Å². The summed E-state index contributed by atoms with van der Waals surface area (Å²) in [6.45, 7) is -0.312. The van der Waals surface area contributed by atoms with Crippen molar-refractivity contribution in [3.05, 3.63) is 23.5 Å². The number of hydrogen-bond donors (Lipinski definition) is 1. The third kappa shape index (κ3) is 4.79. The first-order valence-electron chi connectivity index (χ1n) is 4.89. The van der Waals surface area contributed by atoms with Crippen molar-refractivity contribution in [2.45, 2.75) is 23.9 Å².